The number of carbonyl (C=O) groups is 2. The number of nitrogens with zero attached hydrogens (tertiary/aromatic N) is 1. The van der Waals surface area contributed by atoms with Crippen LogP contribution in [0.2, 0.25) is 0 Å². The van der Waals surface area contributed by atoms with Crippen molar-refractivity contribution < 1.29 is 50.6 Å². The molecule has 2 amide bonds. The molecule has 4 aromatic carbocycles. The Kier molecular flexibility index (Phi) is 8.90. The van der Waals surface area contributed by atoms with E-state index in [1.165, 1.54) is 36.4 Å². The van der Waals surface area contributed by atoms with Crippen LogP contribution in [0.25, 0.3) is 11.1 Å². The summed E-state index contributed by atoms with van der Waals surface area (Å²) in [6, 6.07) is 24.9. The molecule has 1 heterocycles. The van der Waals surface area contributed by atoms with E-state index in [1.54, 1.807) is 0 Å². The summed E-state index contributed by atoms with van der Waals surface area (Å²) in [5.74, 6) is -1.81. The fourth-order valence-corrected chi connectivity index (χ4v) is 8.12. The molecule has 250 valence electrons. The normalized spacial score (nSPS) is 15.6. The molecule has 1 aliphatic carbocycles. The predicted molar refractivity (Wildman–Crippen MR) is 165 cm³/mol. The number of amides is 2. The molecule has 48 heavy (non-hydrogen) atoms. The Hall–Kier alpha value is -4.92. The number of imide groups is 1. The molecule has 10 nitrogen and oxygen atoms in total. The van der Waals surface area contributed by atoms with Gasteiger partial charge in [0.2, 0.25) is 0 Å². The molecule has 2 aliphatic rings. The van der Waals surface area contributed by atoms with E-state index in [2.05, 4.69) is 10.1 Å². The number of piperidine rings is 1. The largest absolute Gasteiger partial charge is 0.573 e. The van der Waals surface area contributed by atoms with Crippen LogP contribution in [0.5, 0.6) is 17.2 Å². The van der Waals surface area contributed by atoms with Gasteiger partial charge in [0.05, 0.1) is 4.90 Å². The summed E-state index contributed by atoms with van der Waals surface area (Å²) in [6.45, 7) is 0.0511. The third-order valence-corrected chi connectivity index (χ3v) is 10.9. The lowest BCUT2D eigenvalue weighted by Crippen LogP contribution is -2.59. The molecule has 0 unspecified atom stereocenters. The lowest BCUT2D eigenvalue weighted by Gasteiger charge is -2.36. The number of alkyl halides is 3. The Balaban J connectivity index is 1.17. The van der Waals surface area contributed by atoms with Gasteiger partial charge in [0.15, 0.2) is 14.6 Å². The van der Waals surface area contributed by atoms with Gasteiger partial charge in [0.25, 0.3) is 5.91 Å². The van der Waals surface area contributed by atoms with Crippen molar-refractivity contribution in [1.82, 2.24) is 10.4 Å². The highest BCUT2D eigenvalue weighted by molar-refractivity contribution is 7.93. The van der Waals surface area contributed by atoms with Crippen molar-refractivity contribution >= 4 is 21.8 Å². The average Bonchev–Trinajstić information content (AvgIpc) is 3.40. The highest BCUT2D eigenvalue weighted by Crippen LogP contribution is 2.45. The number of hydroxylamine groups is 2. The first kappa shape index (κ1) is 33.0. The van der Waals surface area contributed by atoms with Crippen LogP contribution in [-0.2, 0) is 19.4 Å². The average molecular weight is 683 g/mol. The van der Waals surface area contributed by atoms with Crippen LogP contribution < -0.4 is 14.8 Å². The molecule has 1 saturated heterocycles. The molecule has 0 bridgehead atoms. The fourth-order valence-electron chi connectivity index (χ4n) is 6.12. The van der Waals surface area contributed by atoms with E-state index in [-0.39, 0.29) is 59.9 Å². The maximum absolute atomic E-state index is 14.1. The van der Waals surface area contributed by atoms with Crippen LogP contribution in [0.15, 0.2) is 102 Å². The van der Waals surface area contributed by atoms with E-state index in [9.17, 15) is 36.4 Å². The molecule has 0 atom stereocenters. The second kappa shape index (κ2) is 12.9. The number of benzene rings is 4. The number of sulfone groups is 1. The van der Waals surface area contributed by atoms with Crippen molar-refractivity contribution in [1.29, 1.82) is 0 Å². The van der Waals surface area contributed by atoms with Crippen LogP contribution in [0.1, 0.15) is 29.9 Å². The quantitative estimate of drug-likeness (QED) is 0.159. The summed E-state index contributed by atoms with van der Waals surface area (Å²) in [5.41, 5.74) is 3.80. The number of halogens is 3. The van der Waals surface area contributed by atoms with Crippen molar-refractivity contribution in [2.75, 3.05) is 19.7 Å². The standard InChI is InChI=1S/C34H29F3N2O8S/c35-34(36,37)47-24-11-9-22(10-12-24)46-23-13-15-25(16-14-23)48(43,44)33(17-19-38-20-18-33)31(40)39(42)32(41)45-21-30-28-7-3-1-5-26(28)27-6-2-4-8-29(27)30/h1-16,30,38,42H,17-21H2. The smallest absolute Gasteiger partial charge is 0.457 e. The van der Waals surface area contributed by atoms with E-state index in [0.29, 0.717) is 0 Å². The molecule has 1 fully saturated rings. The van der Waals surface area contributed by atoms with E-state index in [4.69, 9.17) is 9.47 Å². The number of fused-ring (bicyclic) bond motifs is 3. The van der Waals surface area contributed by atoms with Crippen LogP contribution in [0, 0.1) is 0 Å². The van der Waals surface area contributed by atoms with E-state index < -0.39 is 38.7 Å². The zero-order valence-electron chi connectivity index (χ0n) is 25.1. The van der Waals surface area contributed by atoms with Crippen LogP contribution >= 0.6 is 0 Å². The van der Waals surface area contributed by atoms with Crippen molar-refractivity contribution in [2.24, 2.45) is 0 Å². The molecule has 0 radical (unpaired) electrons. The summed E-state index contributed by atoms with van der Waals surface area (Å²) in [7, 11) is -4.50. The van der Waals surface area contributed by atoms with Gasteiger partial charge < -0.3 is 19.5 Å². The Morgan fingerprint density at radius 1 is 0.812 bits per heavy atom. The SMILES string of the molecule is O=C(OCC1c2ccccc2-c2ccccc21)N(O)C(=O)C1(S(=O)(=O)c2ccc(Oc3ccc(OC(F)(F)F)cc3)cc2)CCNCC1. The second-order valence-corrected chi connectivity index (χ2v) is 13.5. The molecule has 2 N–H and O–H groups in total. The number of hydrogen-bond acceptors (Lipinski definition) is 9. The third-order valence-electron chi connectivity index (χ3n) is 8.44. The van der Waals surface area contributed by atoms with Gasteiger partial charge in [-0.15, -0.1) is 18.2 Å². The van der Waals surface area contributed by atoms with Gasteiger partial charge in [-0.05, 0) is 96.7 Å². The predicted octanol–water partition coefficient (Wildman–Crippen LogP) is 6.44. The first-order valence-corrected chi connectivity index (χ1v) is 16.4. The maximum Gasteiger partial charge on any atom is 0.573 e. The summed E-state index contributed by atoms with van der Waals surface area (Å²) in [6.07, 6.45) is -6.70. The van der Waals surface area contributed by atoms with E-state index in [0.717, 1.165) is 34.4 Å². The van der Waals surface area contributed by atoms with E-state index >= 15 is 0 Å². The minimum atomic E-state index is -4.85. The molecule has 14 heteroatoms. The number of rotatable bonds is 8. The zero-order chi connectivity index (χ0) is 34.1. The van der Waals surface area contributed by atoms with Gasteiger partial charge in [0, 0.05) is 5.92 Å². The van der Waals surface area contributed by atoms with Crippen LogP contribution in [0.3, 0.4) is 0 Å². The minimum absolute atomic E-state index is 0.124. The molecule has 0 saturated carbocycles. The molecule has 1 aliphatic heterocycles. The monoisotopic (exact) mass is 682 g/mol. The number of nitrogens with one attached hydrogen (secondary N) is 1. The molecule has 0 spiro atoms. The first-order chi connectivity index (χ1) is 22.9. The Morgan fingerprint density at radius 2 is 1.31 bits per heavy atom. The summed E-state index contributed by atoms with van der Waals surface area (Å²) in [4.78, 5) is 26.6. The molecular formula is C34H29F3N2O8S. The Bertz CT molecular complexity index is 1880. The lowest BCUT2D eigenvalue weighted by atomic mass is 9.96. The van der Waals surface area contributed by atoms with Crippen molar-refractivity contribution in [2.45, 2.75) is 34.8 Å². The van der Waals surface area contributed by atoms with Crippen molar-refractivity contribution in [3.8, 4) is 28.4 Å². The summed E-state index contributed by atoms with van der Waals surface area (Å²) >= 11 is 0. The third kappa shape index (κ3) is 6.33. The van der Waals surface area contributed by atoms with Gasteiger partial charge >= 0.3 is 12.5 Å². The molecule has 6 rings (SSSR count). The van der Waals surface area contributed by atoms with Gasteiger partial charge in [-0.25, -0.2) is 13.2 Å². The number of carbonyl (C=O) groups excluding carboxylic acids is 2. The van der Waals surface area contributed by atoms with Gasteiger partial charge in [-0.1, -0.05) is 48.5 Å². The zero-order valence-corrected chi connectivity index (χ0v) is 26.0. The molecular weight excluding hydrogens is 653 g/mol. The Morgan fingerprint density at radius 3 is 1.85 bits per heavy atom. The minimum Gasteiger partial charge on any atom is -0.457 e. The van der Waals surface area contributed by atoms with Crippen molar-refractivity contribution in [3.05, 3.63) is 108 Å². The fraction of sp³-hybridized carbons (Fsp3) is 0.235. The highest BCUT2D eigenvalue weighted by atomic mass is 32.2. The Labute approximate surface area is 273 Å². The van der Waals surface area contributed by atoms with E-state index in [1.807, 2.05) is 48.5 Å². The number of hydrogen-bond donors (Lipinski definition) is 2. The highest BCUT2D eigenvalue weighted by Gasteiger charge is 2.55. The second-order valence-electron chi connectivity index (χ2n) is 11.3. The summed E-state index contributed by atoms with van der Waals surface area (Å²) in [5, 5.41) is 13.5. The summed E-state index contributed by atoms with van der Waals surface area (Å²) < 4.78 is 78.1. The van der Waals surface area contributed by atoms with Gasteiger partial charge in [0.1, 0.15) is 23.9 Å². The topological polar surface area (TPSA) is 131 Å². The lowest BCUT2D eigenvalue weighted by molar-refractivity contribution is -0.274. The molecule has 4 aromatic rings. The van der Waals surface area contributed by atoms with Crippen LogP contribution in [0.4, 0.5) is 18.0 Å². The maximum atomic E-state index is 14.1. The van der Waals surface area contributed by atoms with Gasteiger partial charge in [-0.2, -0.15) is 0 Å². The van der Waals surface area contributed by atoms with Crippen LogP contribution in [-0.4, -0.2) is 61.5 Å². The van der Waals surface area contributed by atoms with Crippen molar-refractivity contribution in [3.63, 3.8) is 0 Å². The number of ether oxygens (including phenoxy) is 3. The molecule has 0 aromatic heterocycles. The van der Waals surface area contributed by atoms with Gasteiger partial charge in [-0.3, -0.25) is 10.0 Å². The first-order valence-electron chi connectivity index (χ1n) is 14.9.